The summed E-state index contributed by atoms with van der Waals surface area (Å²) >= 11 is 0. The highest BCUT2D eigenvalue weighted by Gasteiger charge is 2.12. The van der Waals surface area contributed by atoms with Crippen molar-refractivity contribution in [1.82, 2.24) is 14.8 Å². The van der Waals surface area contributed by atoms with E-state index in [0.29, 0.717) is 29.5 Å². The molecule has 1 aromatic heterocycles. The van der Waals surface area contributed by atoms with Gasteiger partial charge < -0.3 is 14.6 Å². The van der Waals surface area contributed by atoms with E-state index in [1.54, 1.807) is 17.8 Å². The molecule has 0 saturated carbocycles. The molecular formula is C13H17N3O3. The van der Waals surface area contributed by atoms with Gasteiger partial charge in [0.2, 0.25) is 0 Å². The van der Waals surface area contributed by atoms with E-state index in [1.165, 1.54) is 6.33 Å². The van der Waals surface area contributed by atoms with Crippen molar-refractivity contribution in [3.63, 3.8) is 0 Å². The van der Waals surface area contributed by atoms with Crippen LogP contribution in [0.4, 0.5) is 0 Å². The van der Waals surface area contributed by atoms with Gasteiger partial charge in [-0.25, -0.2) is 4.98 Å². The molecule has 0 aliphatic heterocycles. The number of nitrogens with zero attached hydrogens (tertiary/aromatic N) is 3. The SMILES string of the molecule is CCOc1cccc(CO)c1OCc1ncnn1C. The van der Waals surface area contributed by atoms with Crippen molar-refractivity contribution in [3.8, 4) is 11.5 Å². The molecule has 1 heterocycles. The van der Waals surface area contributed by atoms with E-state index in [9.17, 15) is 5.11 Å². The van der Waals surface area contributed by atoms with Gasteiger partial charge in [0.1, 0.15) is 12.9 Å². The van der Waals surface area contributed by atoms with Gasteiger partial charge in [-0.1, -0.05) is 12.1 Å². The van der Waals surface area contributed by atoms with E-state index in [4.69, 9.17) is 9.47 Å². The molecule has 0 fully saturated rings. The number of aliphatic hydroxyl groups is 1. The number of hydrogen-bond donors (Lipinski definition) is 1. The molecule has 6 nitrogen and oxygen atoms in total. The highest BCUT2D eigenvalue weighted by molar-refractivity contribution is 5.46. The standard InChI is InChI=1S/C13H17N3O3/c1-3-18-11-6-4-5-10(7-17)13(11)19-8-12-14-9-15-16(12)2/h4-6,9,17H,3,7-8H2,1-2H3. The van der Waals surface area contributed by atoms with E-state index in [1.807, 2.05) is 19.1 Å². The Morgan fingerprint density at radius 3 is 2.79 bits per heavy atom. The zero-order chi connectivity index (χ0) is 13.7. The Kier molecular flexibility index (Phi) is 4.35. The summed E-state index contributed by atoms with van der Waals surface area (Å²) in [5.41, 5.74) is 0.688. The third-order valence-electron chi connectivity index (χ3n) is 2.68. The highest BCUT2D eigenvalue weighted by atomic mass is 16.5. The van der Waals surface area contributed by atoms with Crippen molar-refractivity contribution < 1.29 is 14.6 Å². The second-order valence-electron chi connectivity index (χ2n) is 3.92. The van der Waals surface area contributed by atoms with E-state index in [-0.39, 0.29) is 13.2 Å². The summed E-state index contributed by atoms with van der Waals surface area (Å²) in [5.74, 6) is 1.88. The minimum atomic E-state index is -0.102. The lowest BCUT2D eigenvalue weighted by atomic mass is 10.2. The molecule has 0 bridgehead atoms. The fourth-order valence-corrected chi connectivity index (χ4v) is 1.71. The number of aromatic nitrogens is 3. The van der Waals surface area contributed by atoms with Crippen LogP contribution in [0.1, 0.15) is 18.3 Å². The number of ether oxygens (including phenoxy) is 2. The van der Waals surface area contributed by atoms with Crippen molar-refractivity contribution in [3.05, 3.63) is 35.9 Å². The number of para-hydroxylation sites is 1. The minimum absolute atomic E-state index is 0.102. The van der Waals surface area contributed by atoms with Crippen LogP contribution in [0.15, 0.2) is 24.5 Å². The second-order valence-corrected chi connectivity index (χ2v) is 3.92. The van der Waals surface area contributed by atoms with E-state index in [2.05, 4.69) is 10.1 Å². The summed E-state index contributed by atoms with van der Waals surface area (Å²) in [4.78, 5) is 4.09. The maximum Gasteiger partial charge on any atom is 0.167 e. The predicted octanol–water partition coefficient (Wildman–Crippen LogP) is 1.29. The second kappa shape index (κ2) is 6.19. The monoisotopic (exact) mass is 263 g/mol. The van der Waals surface area contributed by atoms with Crippen LogP contribution >= 0.6 is 0 Å². The maximum atomic E-state index is 9.35. The zero-order valence-corrected chi connectivity index (χ0v) is 11.0. The van der Waals surface area contributed by atoms with Gasteiger partial charge >= 0.3 is 0 Å². The Morgan fingerprint density at radius 2 is 2.16 bits per heavy atom. The van der Waals surface area contributed by atoms with Crippen LogP contribution in [-0.2, 0) is 20.3 Å². The smallest absolute Gasteiger partial charge is 0.167 e. The van der Waals surface area contributed by atoms with Gasteiger partial charge in [-0.3, -0.25) is 4.68 Å². The molecule has 2 rings (SSSR count). The Morgan fingerprint density at radius 1 is 1.32 bits per heavy atom. The van der Waals surface area contributed by atoms with E-state index in [0.717, 1.165) is 0 Å². The topological polar surface area (TPSA) is 69.4 Å². The lowest BCUT2D eigenvalue weighted by Crippen LogP contribution is -2.07. The van der Waals surface area contributed by atoms with Gasteiger partial charge in [0.15, 0.2) is 17.3 Å². The first kappa shape index (κ1) is 13.4. The predicted molar refractivity (Wildman–Crippen MR) is 68.9 cm³/mol. The van der Waals surface area contributed by atoms with Crippen LogP contribution in [0, 0.1) is 0 Å². The molecule has 0 atom stereocenters. The van der Waals surface area contributed by atoms with Gasteiger partial charge in [-0.15, -0.1) is 0 Å². The van der Waals surface area contributed by atoms with Gasteiger partial charge in [0.25, 0.3) is 0 Å². The summed E-state index contributed by atoms with van der Waals surface area (Å²) < 4.78 is 12.9. The summed E-state index contributed by atoms with van der Waals surface area (Å²) in [5, 5.41) is 13.3. The normalized spacial score (nSPS) is 10.5. The van der Waals surface area contributed by atoms with Crippen LogP contribution in [-0.4, -0.2) is 26.5 Å². The quantitative estimate of drug-likeness (QED) is 0.850. The molecule has 1 aromatic carbocycles. The van der Waals surface area contributed by atoms with Crippen molar-refractivity contribution in [2.24, 2.45) is 7.05 Å². The largest absolute Gasteiger partial charge is 0.490 e. The van der Waals surface area contributed by atoms with Crippen molar-refractivity contribution in [2.45, 2.75) is 20.1 Å². The molecule has 6 heteroatoms. The summed E-state index contributed by atoms with van der Waals surface area (Å²) in [6, 6.07) is 5.44. The Bertz CT molecular complexity index is 540. The summed E-state index contributed by atoms with van der Waals surface area (Å²) in [6.07, 6.45) is 1.47. The molecule has 1 N–H and O–H groups in total. The molecule has 0 spiro atoms. The molecule has 102 valence electrons. The molecule has 0 amide bonds. The number of rotatable bonds is 6. The number of aliphatic hydroxyl groups excluding tert-OH is 1. The van der Waals surface area contributed by atoms with Gasteiger partial charge in [0.05, 0.1) is 13.2 Å². The first-order chi connectivity index (χ1) is 9.26. The average molecular weight is 263 g/mol. The molecule has 0 radical (unpaired) electrons. The van der Waals surface area contributed by atoms with E-state index < -0.39 is 0 Å². The van der Waals surface area contributed by atoms with Crippen LogP contribution in [0.25, 0.3) is 0 Å². The molecular weight excluding hydrogens is 246 g/mol. The molecule has 19 heavy (non-hydrogen) atoms. The summed E-state index contributed by atoms with van der Waals surface area (Å²) in [6.45, 7) is 2.61. The lowest BCUT2D eigenvalue weighted by Gasteiger charge is -2.14. The van der Waals surface area contributed by atoms with Gasteiger partial charge in [-0.05, 0) is 13.0 Å². The maximum absolute atomic E-state index is 9.35. The van der Waals surface area contributed by atoms with Crippen LogP contribution < -0.4 is 9.47 Å². The Balaban J connectivity index is 2.20. The van der Waals surface area contributed by atoms with Crippen LogP contribution in [0.3, 0.4) is 0 Å². The third-order valence-corrected chi connectivity index (χ3v) is 2.68. The average Bonchev–Trinajstić information content (AvgIpc) is 2.83. The molecule has 0 aliphatic carbocycles. The first-order valence-electron chi connectivity index (χ1n) is 6.07. The van der Waals surface area contributed by atoms with Gasteiger partial charge in [0, 0.05) is 12.6 Å². The van der Waals surface area contributed by atoms with Crippen molar-refractivity contribution in [2.75, 3.05) is 6.61 Å². The fourth-order valence-electron chi connectivity index (χ4n) is 1.71. The first-order valence-corrected chi connectivity index (χ1v) is 6.07. The molecule has 2 aromatic rings. The third kappa shape index (κ3) is 3.03. The Labute approximate surface area is 111 Å². The van der Waals surface area contributed by atoms with Gasteiger partial charge in [-0.2, -0.15) is 5.10 Å². The fraction of sp³-hybridized carbons (Fsp3) is 0.385. The number of hydrogen-bond acceptors (Lipinski definition) is 5. The highest BCUT2D eigenvalue weighted by Crippen LogP contribution is 2.32. The molecule has 0 aliphatic rings. The zero-order valence-electron chi connectivity index (χ0n) is 11.0. The Hall–Kier alpha value is -2.08. The van der Waals surface area contributed by atoms with Crippen molar-refractivity contribution in [1.29, 1.82) is 0 Å². The van der Waals surface area contributed by atoms with E-state index >= 15 is 0 Å². The number of benzene rings is 1. The minimum Gasteiger partial charge on any atom is -0.490 e. The van der Waals surface area contributed by atoms with Crippen LogP contribution in [0.5, 0.6) is 11.5 Å². The lowest BCUT2D eigenvalue weighted by molar-refractivity contribution is 0.237. The van der Waals surface area contributed by atoms with Crippen LogP contribution in [0.2, 0.25) is 0 Å². The molecule has 0 unspecified atom stereocenters. The van der Waals surface area contributed by atoms with Crippen molar-refractivity contribution >= 4 is 0 Å². The summed E-state index contributed by atoms with van der Waals surface area (Å²) in [7, 11) is 1.80. The molecule has 0 saturated heterocycles. The number of aryl methyl sites for hydroxylation is 1.